The van der Waals surface area contributed by atoms with Gasteiger partial charge < -0.3 is 9.73 Å². The molecular formula is C14H19N3O3S. The van der Waals surface area contributed by atoms with E-state index in [1.807, 2.05) is 25.1 Å². The van der Waals surface area contributed by atoms with Crippen LogP contribution in [0.2, 0.25) is 0 Å². The number of hydrogen-bond donors (Lipinski definition) is 2. The summed E-state index contributed by atoms with van der Waals surface area (Å²) in [6.07, 6.45) is 2.22. The summed E-state index contributed by atoms with van der Waals surface area (Å²) >= 11 is 0. The number of sulfonamides is 1. The Morgan fingerprint density at radius 2 is 2.10 bits per heavy atom. The fraction of sp³-hybridized carbons (Fsp3) is 0.357. The Bertz CT molecular complexity index is 653. The quantitative estimate of drug-likeness (QED) is 0.768. The Kier molecular flexibility index (Phi) is 5.49. The predicted molar refractivity (Wildman–Crippen MR) is 79.2 cm³/mol. The fourth-order valence-corrected chi connectivity index (χ4v) is 2.75. The summed E-state index contributed by atoms with van der Waals surface area (Å²) in [5, 5.41) is 3.02. The van der Waals surface area contributed by atoms with Gasteiger partial charge in [-0.15, -0.1) is 0 Å². The average Bonchev–Trinajstić information content (AvgIpc) is 2.96. The van der Waals surface area contributed by atoms with Gasteiger partial charge in [0.15, 0.2) is 0 Å². The molecule has 21 heavy (non-hydrogen) atoms. The molecule has 0 atom stereocenters. The van der Waals surface area contributed by atoms with Crippen LogP contribution in [0.4, 0.5) is 0 Å². The highest BCUT2D eigenvalue weighted by molar-refractivity contribution is 7.89. The van der Waals surface area contributed by atoms with Gasteiger partial charge in [-0.05, 0) is 30.8 Å². The smallest absolute Gasteiger partial charge is 0.273 e. The van der Waals surface area contributed by atoms with E-state index in [2.05, 4.69) is 15.0 Å². The maximum Gasteiger partial charge on any atom is 0.273 e. The lowest BCUT2D eigenvalue weighted by Gasteiger charge is -2.04. The minimum absolute atomic E-state index is 0.0589. The highest BCUT2D eigenvalue weighted by Crippen LogP contribution is 2.13. The average molecular weight is 309 g/mol. The summed E-state index contributed by atoms with van der Waals surface area (Å²) in [5.74, 6) is 0.599. The lowest BCUT2D eigenvalue weighted by atomic mass is 10.3. The monoisotopic (exact) mass is 309 g/mol. The normalized spacial score (nSPS) is 11.7. The summed E-state index contributed by atoms with van der Waals surface area (Å²) in [4.78, 5) is 4.14. The minimum atomic E-state index is -3.61. The second-order valence-corrected chi connectivity index (χ2v) is 6.17. The molecule has 0 aromatic carbocycles. The highest BCUT2D eigenvalue weighted by atomic mass is 32.2. The van der Waals surface area contributed by atoms with Gasteiger partial charge in [0.05, 0.1) is 6.54 Å². The highest BCUT2D eigenvalue weighted by Gasteiger charge is 2.18. The molecule has 0 spiro atoms. The molecule has 2 N–H and O–H groups in total. The van der Waals surface area contributed by atoms with E-state index in [9.17, 15) is 8.42 Å². The van der Waals surface area contributed by atoms with Crippen LogP contribution in [0.5, 0.6) is 0 Å². The van der Waals surface area contributed by atoms with Crippen LogP contribution in [-0.4, -0.2) is 26.5 Å². The second kappa shape index (κ2) is 7.35. The van der Waals surface area contributed by atoms with Gasteiger partial charge in [-0.25, -0.2) is 13.1 Å². The number of rotatable bonds is 8. The first kappa shape index (κ1) is 15.7. The number of furan rings is 1. The number of nitrogens with one attached hydrogen (secondary N) is 2. The number of pyridine rings is 1. The summed E-state index contributed by atoms with van der Waals surface area (Å²) in [6, 6.07) is 8.68. The molecule has 6 nitrogen and oxygen atoms in total. The number of hydrogen-bond acceptors (Lipinski definition) is 5. The van der Waals surface area contributed by atoms with Crippen molar-refractivity contribution in [2.75, 3.05) is 13.1 Å². The molecule has 0 fully saturated rings. The zero-order valence-electron chi connectivity index (χ0n) is 11.9. The van der Waals surface area contributed by atoms with E-state index in [1.165, 1.54) is 6.07 Å². The number of aromatic nitrogens is 1. The third kappa shape index (κ3) is 4.66. The molecule has 0 aliphatic heterocycles. The molecule has 0 aliphatic carbocycles. The third-order valence-corrected chi connectivity index (χ3v) is 4.18. The van der Waals surface area contributed by atoms with Crippen LogP contribution >= 0.6 is 0 Å². The first-order valence-corrected chi connectivity index (χ1v) is 8.29. The molecule has 0 saturated heterocycles. The van der Waals surface area contributed by atoms with Crippen LogP contribution in [0.1, 0.15) is 18.4 Å². The van der Waals surface area contributed by atoms with Gasteiger partial charge in [0.25, 0.3) is 10.0 Å². The van der Waals surface area contributed by atoms with Crippen LogP contribution in [0.15, 0.2) is 46.0 Å². The molecular weight excluding hydrogens is 290 g/mol. The molecule has 2 heterocycles. The second-order valence-electron chi connectivity index (χ2n) is 4.47. The summed E-state index contributed by atoms with van der Waals surface area (Å²) in [7, 11) is -3.61. The van der Waals surface area contributed by atoms with Crippen molar-refractivity contribution in [3.05, 3.63) is 48.0 Å². The Labute approximate surface area is 124 Å². The van der Waals surface area contributed by atoms with Crippen LogP contribution in [0, 0.1) is 0 Å². The third-order valence-electron chi connectivity index (χ3n) is 2.85. The van der Waals surface area contributed by atoms with Gasteiger partial charge >= 0.3 is 0 Å². The summed E-state index contributed by atoms with van der Waals surface area (Å²) in [6.45, 7) is 3.56. The van der Waals surface area contributed by atoms with Crippen molar-refractivity contribution in [1.29, 1.82) is 0 Å². The Balaban J connectivity index is 1.90. The Hall–Kier alpha value is -1.70. The van der Waals surface area contributed by atoms with Crippen LogP contribution in [0.25, 0.3) is 0 Å². The van der Waals surface area contributed by atoms with E-state index < -0.39 is 10.0 Å². The molecule has 114 valence electrons. The lowest BCUT2D eigenvalue weighted by molar-refractivity contribution is 0.401. The van der Waals surface area contributed by atoms with Gasteiger partial charge in [-0.3, -0.25) is 4.98 Å². The molecule has 0 amide bonds. The zero-order chi connectivity index (χ0) is 15.1. The van der Waals surface area contributed by atoms with Crippen LogP contribution in [0.3, 0.4) is 0 Å². The van der Waals surface area contributed by atoms with Crippen molar-refractivity contribution < 1.29 is 12.8 Å². The van der Waals surface area contributed by atoms with Crippen molar-refractivity contribution in [1.82, 2.24) is 15.0 Å². The van der Waals surface area contributed by atoms with Crippen LogP contribution in [-0.2, 0) is 23.0 Å². The minimum Gasteiger partial charge on any atom is -0.447 e. The van der Waals surface area contributed by atoms with E-state index in [4.69, 9.17) is 4.42 Å². The van der Waals surface area contributed by atoms with Crippen molar-refractivity contribution in [3.8, 4) is 0 Å². The zero-order valence-corrected chi connectivity index (χ0v) is 12.7. The summed E-state index contributed by atoms with van der Waals surface area (Å²) in [5.41, 5.74) is 0.840. The molecule has 2 aromatic heterocycles. The largest absolute Gasteiger partial charge is 0.447 e. The number of nitrogens with zero attached hydrogens (tertiary/aromatic N) is 1. The van der Waals surface area contributed by atoms with Crippen molar-refractivity contribution >= 4 is 10.0 Å². The lowest BCUT2D eigenvalue weighted by Crippen LogP contribution is -2.25. The van der Waals surface area contributed by atoms with E-state index in [-0.39, 0.29) is 11.6 Å². The van der Waals surface area contributed by atoms with Gasteiger partial charge in [0.1, 0.15) is 5.76 Å². The molecule has 0 saturated carbocycles. The topological polar surface area (TPSA) is 84.2 Å². The first-order chi connectivity index (χ1) is 10.1. The van der Waals surface area contributed by atoms with Gasteiger partial charge in [0, 0.05) is 24.9 Å². The standard InChI is InChI=1S/C14H19N3O3S/c1-2-15-11-13-6-7-14(20-13)21(18,19)17-10-8-12-5-3-4-9-16-12/h3-7,9,15,17H,2,8,10-11H2,1H3. The first-order valence-electron chi connectivity index (χ1n) is 6.81. The molecule has 0 aliphatic rings. The van der Waals surface area contributed by atoms with Gasteiger partial charge in [-0.1, -0.05) is 13.0 Å². The molecule has 0 radical (unpaired) electrons. The van der Waals surface area contributed by atoms with Gasteiger partial charge in [-0.2, -0.15) is 0 Å². The van der Waals surface area contributed by atoms with Crippen LogP contribution < -0.4 is 10.0 Å². The predicted octanol–water partition coefficient (Wildman–Crippen LogP) is 1.31. The van der Waals surface area contributed by atoms with E-state index in [0.717, 1.165) is 12.2 Å². The molecule has 0 unspecified atom stereocenters. The Morgan fingerprint density at radius 3 is 2.81 bits per heavy atom. The van der Waals surface area contributed by atoms with E-state index >= 15 is 0 Å². The molecule has 7 heteroatoms. The maximum atomic E-state index is 12.1. The van der Waals surface area contributed by atoms with E-state index in [0.29, 0.717) is 18.7 Å². The Morgan fingerprint density at radius 1 is 1.24 bits per heavy atom. The molecule has 2 rings (SSSR count). The van der Waals surface area contributed by atoms with Crippen molar-refractivity contribution in [2.24, 2.45) is 0 Å². The van der Waals surface area contributed by atoms with Crippen molar-refractivity contribution in [3.63, 3.8) is 0 Å². The molecule has 0 bridgehead atoms. The van der Waals surface area contributed by atoms with Crippen molar-refractivity contribution in [2.45, 2.75) is 25.0 Å². The summed E-state index contributed by atoms with van der Waals surface area (Å²) < 4.78 is 32.0. The maximum absolute atomic E-state index is 12.1. The van der Waals surface area contributed by atoms with E-state index in [1.54, 1.807) is 12.3 Å². The SMILES string of the molecule is CCNCc1ccc(S(=O)(=O)NCCc2ccccn2)o1. The molecule has 2 aromatic rings. The fourth-order valence-electron chi connectivity index (χ4n) is 1.78. The van der Waals surface area contributed by atoms with Gasteiger partial charge in [0.2, 0.25) is 5.09 Å².